The van der Waals surface area contributed by atoms with E-state index in [1.165, 1.54) is 0 Å². The molecule has 0 spiro atoms. The maximum absolute atomic E-state index is 9.33. The summed E-state index contributed by atoms with van der Waals surface area (Å²) >= 11 is 0.557. The number of rotatable bonds is 3. The highest BCUT2D eigenvalue weighted by Gasteiger charge is 1.84. The molecule has 0 radical (unpaired) electrons. The first-order chi connectivity index (χ1) is 2.91. The van der Waals surface area contributed by atoms with Gasteiger partial charge in [0.05, 0.1) is 0 Å². The van der Waals surface area contributed by atoms with Gasteiger partial charge < -0.3 is 4.66 Å². The first kappa shape index (κ1) is 6.21. The quantitative estimate of drug-likeness (QED) is 0.467. The third-order valence-corrected chi connectivity index (χ3v) is 0.569. The maximum atomic E-state index is 9.33. The smallest absolute Gasteiger partial charge is 0.330 e. The minimum absolute atomic E-state index is 0.539. The Hall–Kier alpha value is 0.210. The van der Waals surface area contributed by atoms with Crippen LogP contribution < -0.4 is 4.66 Å². The number of hydrogen-bond donors (Lipinski definition) is 0. The molecule has 0 unspecified atom stereocenters. The molecule has 0 bridgehead atoms. The van der Waals surface area contributed by atoms with Gasteiger partial charge in [0.2, 0.25) is 0 Å². The molecule has 0 aliphatic rings. The van der Waals surface area contributed by atoms with Crippen molar-refractivity contribution in [2.45, 2.75) is 13.3 Å². The zero-order valence-corrected chi connectivity index (χ0v) is 4.36. The molecule has 0 saturated carbocycles. The molecule has 0 aliphatic heterocycles. The molecule has 38 valence electrons. The van der Waals surface area contributed by atoms with Crippen molar-refractivity contribution < 1.29 is 20.3 Å². The summed E-state index contributed by atoms with van der Waals surface area (Å²) in [6.45, 7) is 2.48. The average Bonchev–Trinajstić information content (AvgIpc) is 1.61. The zero-order valence-electron chi connectivity index (χ0n) is 3.61. The van der Waals surface area contributed by atoms with Crippen molar-refractivity contribution in [3.8, 4) is 0 Å². The summed E-state index contributed by atoms with van der Waals surface area (Å²) in [5, 5.41) is 0. The predicted molar refractivity (Wildman–Crippen MR) is 16.2 cm³/mol. The van der Waals surface area contributed by atoms with Gasteiger partial charge in [0.25, 0.3) is 0 Å². The summed E-state index contributed by atoms with van der Waals surface area (Å²) in [5.41, 5.74) is 0. The summed E-state index contributed by atoms with van der Waals surface area (Å²) in [7, 11) is 0. The van der Waals surface area contributed by atoms with Crippen molar-refractivity contribution in [1.82, 2.24) is 0 Å². The molecule has 3 heteroatoms. The van der Waals surface area contributed by atoms with Gasteiger partial charge in [0, 0.05) is 0 Å². The van der Waals surface area contributed by atoms with E-state index in [1.54, 1.807) is 0 Å². The van der Waals surface area contributed by atoms with Crippen molar-refractivity contribution in [3.05, 3.63) is 0 Å². The first-order valence-electron chi connectivity index (χ1n) is 1.80. The second-order valence-corrected chi connectivity index (χ2v) is 1.22. The summed E-state index contributed by atoms with van der Waals surface area (Å²) in [4.78, 5) is 0. The van der Waals surface area contributed by atoms with Crippen LogP contribution in [-0.2, 0) is 4.29 Å². The Balaban J connectivity index is 2.34. The van der Waals surface area contributed by atoms with Gasteiger partial charge in [-0.3, -0.25) is 0 Å². The fourth-order valence-corrected chi connectivity index (χ4v) is 0.326. The van der Waals surface area contributed by atoms with E-state index in [1.807, 2.05) is 6.92 Å². The fourth-order valence-electron chi connectivity index (χ4n) is 0.109. The molecular weight excluding hydrogens is 103 g/mol. The van der Waals surface area contributed by atoms with Crippen LogP contribution in [0.3, 0.4) is 0 Å². The monoisotopic (exact) mass is 110 g/mol. The Morgan fingerprint density at radius 1 is 1.83 bits per heavy atom. The van der Waals surface area contributed by atoms with Gasteiger partial charge in [-0.05, 0) is 6.42 Å². The molecule has 0 N–H and O–H groups in total. The standard InChI is InChI=1S/C3H7ClO2/c1-2-3-6-4-5/h2-3H2,1H3. The van der Waals surface area contributed by atoms with Crippen LogP contribution in [0, 0.1) is 11.3 Å². The van der Waals surface area contributed by atoms with Crippen LogP contribution in [0.15, 0.2) is 0 Å². The fraction of sp³-hybridized carbons (Fsp3) is 1.00. The molecule has 6 heavy (non-hydrogen) atoms. The van der Waals surface area contributed by atoms with Crippen LogP contribution in [0.4, 0.5) is 0 Å². The van der Waals surface area contributed by atoms with Crippen molar-refractivity contribution in [2.75, 3.05) is 6.61 Å². The summed E-state index contributed by atoms with van der Waals surface area (Å²) in [5.74, 6) is 0. The second-order valence-electron chi connectivity index (χ2n) is 0.876. The first-order valence-corrected chi connectivity index (χ1v) is 2.42. The van der Waals surface area contributed by atoms with Gasteiger partial charge in [0.15, 0.2) is 0 Å². The van der Waals surface area contributed by atoms with Crippen LogP contribution in [0.2, 0.25) is 0 Å². The molecule has 0 saturated heterocycles. The molecule has 0 fully saturated rings. The van der Waals surface area contributed by atoms with E-state index < -0.39 is 0 Å². The van der Waals surface area contributed by atoms with Gasteiger partial charge in [0.1, 0.15) is 6.61 Å². The Kier molecular flexibility index (Phi) is 5.39. The largest absolute Gasteiger partial charge is 0.506 e. The Labute approximate surface area is 41.2 Å². The maximum Gasteiger partial charge on any atom is 0.330 e. The van der Waals surface area contributed by atoms with Crippen LogP contribution in [0.5, 0.6) is 0 Å². The predicted octanol–water partition coefficient (Wildman–Crippen LogP) is -0.312. The SMILES string of the molecule is CCCO[Cl+][O-]. The van der Waals surface area contributed by atoms with Gasteiger partial charge in [-0.2, -0.15) is 0 Å². The van der Waals surface area contributed by atoms with Crippen molar-refractivity contribution in [2.24, 2.45) is 0 Å². The molecule has 0 amide bonds. The normalized spacial score (nSPS) is 9.00. The Morgan fingerprint density at radius 3 is 2.67 bits per heavy atom. The van der Waals surface area contributed by atoms with Crippen LogP contribution in [0.25, 0.3) is 0 Å². The highest BCUT2D eigenvalue weighted by atomic mass is 35.6. The molecule has 0 aromatic heterocycles. The molecule has 0 aromatic carbocycles. The lowest BCUT2D eigenvalue weighted by molar-refractivity contribution is -1.27. The van der Waals surface area contributed by atoms with Crippen molar-refractivity contribution in [1.29, 1.82) is 0 Å². The third-order valence-electron chi connectivity index (χ3n) is 0.326. The lowest BCUT2D eigenvalue weighted by atomic mass is 10.5. The van der Waals surface area contributed by atoms with Crippen molar-refractivity contribution >= 4 is 0 Å². The molecule has 2 nitrogen and oxygen atoms in total. The van der Waals surface area contributed by atoms with E-state index >= 15 is 0 Å². The van der Waals surface area contributed by atoms with E-state index in [2.05, 4.69) is 4.29 Å². The third kappa shape index (κ3) is 4.21. The molecule has 0 atom stereocenters. The van der Waals surface area contributed by atoms with Crippen LogP contribution >= 0.6 is 0 Å². The summed E-state index contributed by atoms with van der Waals surface area (Å²) in [6.07, 6.45) is 0.898. The minimum atomic E-state index is 0.539. The average molecular weight is 111 g/mol. The van der Waals surface area contributed by atoms with E-state index in [4.69, 9.17) is 0 Å². The summed E-state index contributed by atoms with van der Waals surface area (Å²) < 4.78 is 13.6. The summed E-state index contributed by atoms with van der Waals surface area (Å²) in [6, 6.07) is 0. The highest BCUT2D eigenvalue weighted by molar-refractivity contribution is 4.12. The van der Waals surface area contributed by atoms with E-state index in [-0.39, 0.29) is 0 Å². The molecule has 0 heterocycles. The van der Waals surface area contributed by atoms with Crippen molar-refractivity contribution in [3.63, 3.8) is 0 Å². The number of halogens is 1. The lowest BCUT2D eigenvalue weighted by Crippen LogP contribution is -2.04. The van der Waals surface area contributed by atoms with E-state index in [9.17, 15) is 4.66 Å². The zero-order chi connectivity index (χ0) is 4.83. The van der Waals surface area contributed by atoms with E-state index in [0.717, 1.165) is 6.42 Å². The van der Waals surface area contributed by atoms with E-state index in [0.29, 0.717) is 17.9 Å². The lowest BCUT2D eigenvalue weighted by Gasteiger charge is -1.79. The Bertz CT molecular complexity index is 20.8. The second kappa shape index (κ2) is 5.21. The van der Waals surface area contributed by atoms with Gasteiger partial charge in [-0.1, -0.05) is 6.92 Å². The molecule has 0 aromatic rings. The molecule has 0 rings (SSSR count). The molecular formula is C3H7ClO2. The van der Waals surface area contributed by atoms with Crippen LogP contribution in [-0.4, -0.2) is 6.61 Å². The van der Waals surface area contributed by atoms with Gasteiger partial charge >= 0.3 is 11.3 Å². The highest BCUT2D eigenvalue weighted by Crippen LogP contribution is 1.74. The van der Waals surface area contributed by atoms with Gasteiger partial charge in [-0.15, -0.1) is 4.29 Å². The topological polar surface area (TPSA) is 32.3 Å². The molecule has 0 aliphatic carbocycles. The Morgan fingerprint density at radius 2 is 2.50 bits per heavy atom. The minimum Gasteiger partial charge on any atom is -0.506 e. The number of hydrogen-bond acceptors (Lipinski definition) is 2. The van der Waals surface area contributed by atoms with Gasteiger partial charge in [-0.25, -0.2) is 0 Å². The van der Waals surface area contributed by atoms with Crippen LogP contribution in [0.1, 0.15) is 13.3 Å².